The lowest BCUT2D eigenvalue weighted by atomic mass is 9.98. The molecule has 1 aliphatic carbocycles. The van der Waals surface area contributed by atoms with Gasteiger partial charge in [-0.05, 0) is 12.8 Å². The maximum absolute atomic E-state index is 12.0. The van der Waals surface area contributed by atoms with Gasteiger partial charge in [0, 0.05) is 23.3 Å². The number of nitro benzene ring substituents is 1. The second-order valence-corrected chi connectivity index (χ2v) is 3.63. The molecular formula is C13H10NO3. The minimum Gasteiger partial charge on any atom is -0.289 e. The minimum atomic E-state index is -0.504. The van der Waals surface area contributed by atoms with Gasteiger partial charge >= 0.3 is 0 Å². The summed E-state index contributed by atoms with van der Waals surface area (Å²) in [7, 11) is 0. The molecule has 2 rings (SSSR count). The summed E-state index contributed by atoms with van der Waals surface area (Å²) in [5.41, 5.74) is 0.854. The molecule has 0 spiro atoms. The highest BCUT2D eigenvalue weighted by molar-refractivity contribution is 6.11. The third kappa shape index (κ3) is 2.47. The first-order chi connectivity index (χ1) is 8.18. The number of carbonyl (C=O) groups is 1. The van der Waals surface area contributed by atoms with E-state index >= 15 is 0 Å². The molecule has 0 aromatic heterocycles. The predicted octanol–water partition coefficient (Wildman–Crippen LogP) is 2.87. The molecule has 4 heteroatoms. The molecule has 0 aliphatic heterocycles. The van der Waals surface area contributed by atoms with Gasteiger partial charge < -0.3 is 0 Å². The molecule has 0 saturated carbocycles. The van der Waals surface area contributed by atoms with Crippen molar-refractivity contribution in [3.05, 3.63) is 70.2 Å². The lowest BCUT2D eigenvalue weighted by molar-refractivity contribution is -0.384. The molecular weight excluding hydrogens is 218 g/mol. The first-order valence-corrected chi connectivity index (χ1v) is 5.17. The summed E-state index contributed by atoms with van der Waals surface area (Å²) in [6.45, 7) is 0. The first-order valence-electron chi connectivity index (χ1n) is 5.17. The Labute approximate surface area is 98.4 Å². The third-order valence-corrected chi connectivity index (χ3v) is 2.47. The van der Waals surface area contributed by atoms with Crippen molar-refractivity contribution in [2.45, 2.75) is 6.42 Å². The number of carbonyl (C=O) groups excluding carboxylic acids is 1. The van der Waals surface area contributed by atoms with Gasteiger partial charge in [0.15, 0.2) is 5.78 Å². The van der Waals surface area contributed by atoms with Crippen LogP contribution in [0.4, 0.5) is 5.69 Å². The molecule has 0 amide bonds. The van der Waals surface area contributed by atoms with Crippen LogP contribution in [0, 0.1) is 16.5 Å². The molecule has 1 aromatic rings. The average Bonchev–Trinajstić information content (AvgIpc) is 2.39. The summed E-state index contributed by atoms with van der Waals surface area (Å²) in [6, 6.07) is 5.78. The van der Waals surface area contributed by atoms with E-state index in [-0.39, 0.29) is 11.5 Å². The molecule has 4 nitrogen and oxygen atoms in total. The topological polar surface area (TPSA) is 60.2 Å². The summed E-state index contributed by atoms with van der Waals surface area (Å²) in [5, 5.41) is 10.6. The molecule has 0 heterocycles. The zero-order valence-electron chi connectivity index (χ0n) is 9.00. The monoisotopic (exact) mass is 228 g/mol. The molecule has 0 atom stereocenters. The molecule has 17 heavy (non-hydrogen) atoms. The van der Waals surface area contributed by atoms with Crippen molar-refractivity contribution < 1.29 is 9.72 Å². The number of hydrogen-bond donors (Lipinski definition) is 0. The Balaban J connectivity index is 2.31. The van der Waals surface area contributed by atoms with Crippen LogP contribution in [0.5, 0.6) is 0 Å². The maximum atomic E-state index is 12.0. The van der Waals surface area contributed by atoms with Crippen LogP contribution in [0.15, 0.2) is 48.1 Å². The molecule has 1 aliphatic rings. The van der Waals surface area contributed by atoms with E-state index in [0.29, 0.717) is 17.6 Å². The molecule has 0 saturated heterocycles. The number of non-ortho nitro benzene ring substituents is 1. The molecule has 0 fully saturated rings. The van der Waals surface area contributed by atoms with Crippen molar-refractivity contribution in [3.63, 3.8) is 0 Å². The Hall–Kier alpha value is -2.23. The van der Waals surface area contributed by atoms with Crippen LogP contribution in [-0.2, 0) is 0 Å². The Bertz CT molecular complexity index is 529. The van der Waals surface area contributed by atoms with Crippen molar-refractivity contribution in [2.24, 2.45) is 0 Å². The number of benzene rings is 1. The Kier molecular flexibility index (Phi) is 3.14. The van der Waals surface area contributed by atoms with Gasteiger partial charge in [-0.25, -0.2) is 0 Å². The minimum absolute atomic E-state index is 0.0669. The highest BCUT2D eigenvalue weighted by Gasteiger charge is 2.14. The molecule has 1 aromatic carbocycles. The van der Waals surface area contributed by atoms with Crippen molar-refractivity contribution in [3.8, 4) is 0 Å². The van der Waals surface area contributed by atoms with Gasteiger partial charge in [0.2, 0.25) is 0 Å². The smallest absolute Gasteiger partial charge is 0.270 e. The lowest BCUT2D eigenvalue weighted by Crippen LogP contribution is -2.04. The van der Waals surface area contributed by atoms with Crippen molar-refractivity contribution in [1.29, 1.82) is 0 Å². The van der Waals surface area contributed by atoms with Crippen LogP contribution >= 0.6 is 0 Å². The number of Topliss-reactive ketones (excluding diaryl/α,β-unsaturated/α-hetero) is 1. The number of nitrogens with zero attached hydrogens (tertiary/aromatic N) is 1. The third-order valence-electron chi connectivity index (χ3n) is 2.47. The number of allylic oxidation sites excluding steroid dienone is 4. The first kappa shape index (κ1) is 11.3. The fourth-order valence-electron chi connectivity index (χ4n) is 1.61. The highest BCUT2D eigenvalue weighted by atomic mass is 16.6. The van der Waals surface area contributed by atoms with Crippen molar-refractivity contribution in [2.75, 3.05) is 0 Å². The van der Waals surface area contributed by atoms with Gasteiger partial charge in [-0.1, -0.05) is 30.4 Å². The zero-order valence-corrected chi connectivity index (χ0v) is 9.00. The Morgan fingerprint density at radius 2 is 2.18 bits per heavy atom. The molecule has 0 N–H and O–H groups in total. The van der Waals surface area contributed by atoms with E-state index in [1.807, 2.05) is 12.5 Å². The summed E-state index contributed by atoms with van der Waals surface area (Å²) < 4.78 is 0. The van der Waals surface area contributed by atoms with Crippen molar-refractivity contribution >= 4 is 11.5 Å². The fourth-order valence-corrected chi connectivity index (χ4v) is 1.61. The van der Waals surface area contributed by atoms with Crippen LogP contribution in [0.1, 0.15) is 16.8 Å². The fraction of sp³-hybridized carbons (Fsp3) is 0.0769. The van der Waals surface area contributed by atoms with E-state index in [0.717, 1.165) is 0 Å². The standard InChI is InChI=1S/C13H10NO3/c15-13(10-5-2-1-3-6-10)11-7-4-8-12(9-11)14(16)17/h1-2,4-9H,3H2. The number of nitro groups is 1. The van der Waals surface area contributed by atoms with Gasteiger partial charge in [-0.15, -0.1) is 0 Å². The number of ketones is 1. The van der Waals surface area contributed by atoms with Crippen molar-refractivity contribution in [1.82, 2.24) is 0 Å². The van der Waals surface area contributed by atoms with Crippen LogP contribution < -0.4 is 0 Å². The molecule has 0 unspecified atom stereocenters. The largest absolute Gasteiger partial charge is 0.289 e. The van der Waals surface area contributed by atoms with Crippen LogP contribution in [0.3, 0.4) is 0 Å². The van der Waals surface area contributed by atoms with Gasteiger partial charge in [0.05, 0.1) is 4.92 Å². The summed E-state index contributed by atoms with van der Waals surface area (Å²) in [6.07, 6.45) is 7.98. The average molecular weight is 228 g/mol. The quantitative estimate of drug-likeness (QED) is 0.454. The van der Waals surface area contributed by atoms with E-state index in [9.17, 15) is 14.9 Å². The summed E-state index contributed by atoms with van der Waals surface area (Å²) in [4.78, 5) is 22.1. The van der Waals surface area contributed by atoms with Gasteiger partial charge in [0.25, 0.3) is 5.69 Å². The number of hydrogen-bond acceptors (Lipinski definition) is 3. The van der Waals surface area contributed by atoms with Gasteiger partial charge in [-0.3, -0.25) is 14.9 Å². The Morgan fingerprint density at radius 1 is 1.35 bits per heavy atom. The van der Waals surface area contributed by atoms with E-state index in [1.165, 1.54) is 18.2 Å². The predicted molar refractivity (Wildman–Crippen MR) is 63.6 cm³/mol. The summed E-state index contributed by atoms with van der Waals surface area (Å²) >= 11 is 0. The number of rotatable bonds is 3. The molecule has 85 valence electrons. The summed E-state index contributed by atoms with van der Waals surface area (Å²) in [5.74, 6) is -0.182. The second kappa shape index (κ2) is 4.74. The van der Waals surface area contributed by atoms with Crippen LogP contribution in [0.2, 0.25) is 0 Å². The Morgan fingerprint density at radius 3 is 2.82 bits per heavy atom. The molecule has 1 radical (unpaired) electrons. The normalized spacial score (nSPS) is 14.2. The van der Waals surface area contributed by atoms with Gasteiger partial charge in [-0.2, -0.15) is 0 Å². The van der Waals surface area contributed by atoms with E-state index < -0.39 is 4.92 Å². The maximum Gasteiger partial charge on any atom is 0.270 e. The van der Waals surface area contributed by atoms with E-state index in [2.05, 4.69) is 0 Å². The lowest BCUT2D eigenvalue weighted by Gasteiger charge is -2.05. The van der Waals surface area contributed by atoms with Gasteiger partial charge in [0.1, 0.15) is 0 Å². The van der Waals surface area contributed by atoms with E-state index in [1.54, 1.807) is 18.2 Å². The SMILES string of the molecule is O=C(C1=CC[CH]C=C1)c1cccc([N+](=O)[O-])c1. The van der Waals surface area contributed by atoms with Crippen LogP contribution in [-0.4, -0.2) is 10.7 Å². The second-order valence-electron chi connectivity index (χ2n) is 3.63. The van der Waals surface area contributed by atoms with Crippen LogP contribution in [0.25, 0.3) is 0 Å². The zero-order chi connectivity index (χ0) is 12.3. The highest BCUT2D eigenvalue weighted by Crippen LogP contribution is 2.19. The molecule has 0 bridgehead atoms. The van der Waals surface area contributed by atoms with E-state index in [4.69, 9.17) is 0 Å².